The maximum Gasteiger partial charge on any atom is 0.338 e. The molecule has 0 aliphatic carbocycles. The summed E-state index contributed by atoms with van der Waals surface area (Å²) < 4.78 is 10.5. The van der Waals surface area contributed by atoms with Crippen LogP contribution in [0.1, 0.15) is 40.7 Å². The predicted molar refractivity (Wildman–Crippen MR) is 139 cm³/mol. The van der Waals surface area contributed by atoms with Gasteiger partial charge in [-0.15, -0.1) is 11.3 Å². The van der Waals surface area contributed by atoms with Crippen molar-refractivity contribution in [2.45, 2.75) is 19.9 Å². The van der Waals surface area contributed by atoms with Crippen molar-refractivity contribution in [3.05, 3.63) is 86.6 Å². The van der Waals surface area contributed by atoms with Crippen LogP contribution < -0.4 is 9.64 Å². The number of carbonyl (C=O) groups excluding carboxylic acids is 3. The summed E-state index contributed by atoms with van der Waals surface area (Å²) in [5.74, 6) is -1.89. The molecule has 4 rings (SSSR count). The number of Topliss-reactive ketones (excluding diaryl/α,β-unsaturated/α-hetero) is 1. The molecule has 1 aliphatic rings. The topological polar surface area (TPSA) is 93.1 Å². The van der Waals surface area contributed by atoms with Crippen LogP contribution in [0.15, 0.2) is 65.6 Å². The first-order valence-electron chi connectivity index (χ1n) is 11.2. The molecule has 186 valence electrons. The standard InChI is InChI=1S/C27H24ClNO6S/c1-15(2)14-35-27(33)16-6-9-18(10-7-16)29-23(21-5-4-12-36-21)22(25(31)26(29)32)24(30)17-8-11-19(28)20(13-17)34-3/h4-13,15,23,30H,14H2,1-3H3/b24-22-. The largest absolute Gasteiger partial charge is 0.507 e. The molecule has 0 radical (unpaired) electrons. The van der Waals surface area contributed by atoms with Gasteiger partial charge in [0.05, 0.1) is 29.9 Å². The minimum atomic E-state index is -0.856. The summed E-state index contributed by atoms with van der Waals surface area (Å²) in [5.41, 5.74) is 0.979. The van der Waals surface area contributed by atoms with Crippen LogP contribution in [-0.2, 0) is 14.3 Å². The minimum Gasteiger partial charge on any atom is -0.507 e. The van der Waals surface area contributed by atoms with E-state index < -0.39 is 23.7 Å². The normalized spacial score (nSPS) is 17.0. The first-order chi connectivity index (χ1) is 17.2. The third-order valence-electron chi connectivity index (χ3n) is 5.61. The summed E-state index contributed by atoms with van der Waals surface area (Å²) in [5, 5.41) is 13.4. The third-order valence-corrected chi connectivity index (χ3v) is 6.85. The van der Waals surface area contributed by atoms with Crippen LogP contribution in [0.25, 0.3) is 5.76 Å². The first kappa shape index (κ1) is 25.5. The number of amides is 1. The molecule has 1 aromatic heterocycles. The highest BCUT2D eigenvalue weighted by atomic mass is 35.5. The molecule has 1 saturated heterocycles. The quantitative estimate of drug-likeness (QED) is 0.180. The Bertz CT molecular complexity index is 1330. The molecular formula is C27H24ClNO6S. The van der Waals surface area contributed by atoms with Crippen LogP contribution in [-0.4, -0.2) is 36.5 Å². The number of hydrogen-bond donors (Lipinski definition) is 1. The Morgan fingerprint density at radius 2 is 1.81 bits per heavy atom. The minimum absolute atomic E-state index is 0.0488. The Hall–Kier alpha value is -3.62. The molecule has 1 amide bonds. The van der Waals surface area contributed by atoms with Gasteiger partial charge in [0.1, 0.15) is 17.6 Å². The molecular weight excluding hydrogens is 502 g/mol. The van der Waals surface area contributed by atoms with Crippen molar-refractivity contribution < 1.29 is 29.0 Å². The van der Waals surface area contributed by atoms with Crippen molar-refractivity contribution in [3.63, 3.8) is 0 Å². The van der Waals surface area contributed by atoms with E-state index in [1.807, 2.05) is 19.2 Å². The number of methoxy groups -OCH3 is 1. The summed E-state index contributed by atoms with van der Waals surface area (Å²) in [6, 6.07) is 13.6. The molecule has 1 atom stereocenters. The molecule has 1 unspecified atom stereocenters. The van der Waals surface area contributed by atoms with Gasteiger partial charge in [0.15, 0.2) is 0 Å². The zero-order chi connectivity index (χ0) is 26.0. The summed E-state index contributed by atoms with van der Waals surface area (Å²) in [6.07, 6.45) is 0. The maximum absolute atomic E-state index is 13.2. The number of benzene rings is 2. The van der Waals surface area contributed by atoms with Crippen LogP contribution in [0.2, 0.25) is 5.02 Å². The highest BCUT2D eigenvalue weighted by Gasteiger charge is 2.47. The van der Waals surface area contributed by atoms with E-state index in [1.54, 1.807) is 48.5 Å². The lowest BCUT2D eigenvalue weighted by Crippen LogP contribution is -2.29. The van der Waals surface area contributed by atoms with E-state index in [9.17, 15) is 19.5 Å². The summed E-state index contributed by atoms with van der Waals surface area (Å²) in [4.78, 5) is 40.8. The number of esters is 1. The molecule has 0 bridgehead atoms. The third kappa shape index (κ3) is 4.87. The first-order valence-corrected chi connectivity index (χ1v) is 12.4. The van der Waals surface area contributed by atoms with Gasteiger partial charge in [-0.05, 0) is 59.8 Å². The number of carbonyl (C=O) groups is 3. The number of ketones is 1. The van der Waals surface area contributed by atoms with Gasteiger partial charge in [0.2, 0.25) is 0 Å². The van der Waals surface area contributed by atoms with Gasteiger partial charge in [-0.2, -0.15) is 0 Å². The van der Waals surface area contributed by atoms with Crippen LogP contribution in [0.4, 0.5) is 5.69 Å². The van der Waals surface area contributed by atoms with Crippen LogP contribution in [0.5, 0.6) is 5.75 Å². The van der Waals surface area contributed by atoms with Crippen LogP contribution in [0, 0.1) is 5.92 Å². The van der Waals surface area contributed by atoms with E-state index in [0.29, 0.717) is 39.1 Å². The molecule has 1 fully saturated rings. The monoisotopic (exact) mass is 525 g/mol. The average molecular weight is 526 g/mol. The molecule has 1 aliphatic heterocycles. The van der Waals surface area contributed by atoms with Crippen molar-refractivity contribution in [1.29, 1.82) is 0 Å². The second kappa shape index (κ2) is 10.6. The molecule has 0 saturated carbocycles. The van der Waals surface area contributed by atoms with Crippen molar-refractivity contribution in [2.75, 3.05) is 18.6 Å². The fourth-order valence-electron chi connectivity index (χ4n) is 3.86. The predicted octanol–water partition coefficient (Wildman–Crippen LogP) is 5.85. The Balaban J connectivity index is 1.77. The highest BCUT2D eigenvalue weighted by Crippen LogP contribution is 2.44. The number of ether oxygens (including phenoxy) is 2. The van der Waals surface area contributed by atoms with Gasteiger partial charge in [0.25, 0.3) is 11.7 Å². The maximum atomic E-state index is 13.2. The van der Waals surface area contributed by atoms with Gasteiger partial charge in [-0.1, -0.05) is 31.5 Å². The zero-order valence-corrected chi connectivity index (χ0v) is 21.4. The number of nitrogens with zero attached hydrogens (tertiary/aromatic N) is 1. The van der Waals surface area contributed by atoms with E-state index in [2.05, 4.69) is 0 Å². The zero-order valence-electron chi connectivity index (χ0n) is 19.9. The number of aliphatic hydroxyl groups is 1. The van der Waals surface area contributed by atoms with E-state index in [-0.39, 0.29) is 17.3 Å². The van der Waals surface area contributed by atoms with Gasteiger partial charge in [0, 0.05) is 16.1 Å². The molecule has 2 heterocycles. The van der Waals surface area contributed by atoms with E-state index in [0.717, 1.165) is 0 Å². The number of thiophene rings is 1. The lowest BCUT2D eigenvalue weighted by molar-refractivity contribution is -0.132. The van der Waals surface area contributed by atoms with Crippen molar-refractivity contribution in [3.8, 4) is 5.75 Å². The number of anilines is 1. The summed E-state index contributed by atoms with van der Waals surface area (Å²) in [6.45, 7) is 4.18. The SMILES string of the molecule is COc1cc(/C(O)=C2/C(=O)C(=O)N(c3ccc(C(=O)OCC(C)C)cc3)C2c2cccs2)ccc1Cl. The van der Waals surface area contributed by atoms with Gasteiger partial charge >= 0.3 is 5.97 Å². The molecule has 1 N–H and O–H groups in total. The van der Waals surface area contributed by atoms with E-state index in [1.165, 1.54) is 29.4 Å². The number of halogens is 1. The number of rotatable bonds is 7. The molecule has 0 spiro atoms. The Kier molecular flexibility index (Phi) is 7.47. The van der Waals surface area contributed by atoms with Gasteiger partial charge < -0.3 is 14.6 Å². The lowest BCUT2D eigenvalue weighted by atomic mass is 9.99. The van der Waals surface area contributed by atoms with Gasteiger partial charge in [-0.25, -0.2) is 4.79 Å². The van der Waals surface area contributed by atoms with Crippen molar-refractivity contribution in [1.82, 2.24) is 0 Å². The van der Waals surface area contributed by atoms with Crippen LogP contribution in [0.3, 0.4) is 0 Å². The number of aliphatic hydroxyl groups excluding tert-OH is 1. The Morgan fingerprint density at radius 1 is 1.11 bits per heavy atom. The second-order valence-corrected chi connectivity index (χ2v) is 9.96. The molecule has 3 aromatic rings. The lowest BCUT2D eigenvalue weighted by Gasteiger charge is -2.24. The Labute approximate surface area is 217 Å². The molecule has 36 heavy (non-hydrogen) atoms. The average Bonchev–Trinajstić information content (AvgIpc) is 3.49. The van der Waals surface area contributed by atoms with Crippen molar-refractivity contribution in [2.24, 2.45) is 5.92 Å². The van der Waals surface area contributed by atoms with Crippen molar-refractivity contribution >= 4 is 52.0 Å². The molecule has 2 aromatic carbocycles. The molecule has 9 heteroatoms. The summed E-state index contributed by atoms with van der Waals surface area (Å²) in [7, 11) is 1.44. The fourth-order valence-corrected chi connectivity index (χ4v) is 4.88. The van der Waals surface area contributed by atoms with Crippen LogP contribution >= 0.6 is 22.9 Å². The Morgan fingerprint density at radius 3 is 2.42 bits per heavy atom. The molecule has 7 nitrogen and oxygen atoms in total. The van der Waals surface area contributed by atoms with E-state index >= 15 is 0 Å². The van der Waals surface area contributed by atoms with E-state index in [4.69, 9.17) is 21.1 Å². The smallest absolute Gasteiger partial charge is 0.338 e. The fraction of sp³-hybridized carbons (Fsp3) is 0.222. The highest BCUT2D eigenvalue weighted by molar-refractivity contribution is 7.10. The second-order valence-electron chi connectivity index (χ2n) is 8.57. The number of hydrogen-bond acceptors (Lipinski definition) is 7. The van der Waals surface area contributed by atoms with Gasteiger partial charge in [-0.3, -0.25) is 14.5 Å². The summed E-state index contributed by atoms with van der Waals surface area (Å²) >= 11 is 7.47.